The lowest BCUT2D eigenvalue weighted by molar-refractivity contribution is 0.286. The molecule has 1 fully saturated rings. The quantitative estimate of drug-likeness (QED) is 0.738. The molecule has 1 aromatic heterocycles. The third kappa shape index (κ3) is 4.78. The van der Waals surface area contributed by atoms with Crippen LogP contribution >= 0.6 is 0 Å². The molecule has 3 rings (SSSR count). The molecule has 0 spiro atoms. The van der Waals surface area contributed by atoms with Crippen LogP contribution in [0.5, 0.6) is 0 Å². The maximum absolute atomic E-state index is 12.9. The molecule has 0 radical (unpaired) electrons. The van der Waals surface area contributed by atoms with E-state index in [1.54, 1.807) is 31.6 Å². The van der Waals surface area contributed by atoms with Crippen LogP contribution in [0.1, 0.15) is 37.7 Å². The minimum Gasteiger partial charge on any atom is -0.265 e. The highest BCUT2D eigenvalue weighted by molar-refractivity contribution is 7.89. The van der Waals surface area contributed by atoms with Gasteiger partial charge in [-0.25, -0.2) is 21.6 Å². The molecule has 152 valence electrons. The van der Waals surface area contributed by atoms with Crippen molar-refractivity contribution in [3.05, 3.63) is 54.4 Å². The van der Waals surface area contributed by atoms with Gasteiger partial charge in [0, 0.05) is 32.0 Å². The lowest BCUT2D eigenvalue weighted by atomic mass is 9.96. The van der Waals surface area contributed by atoms with E-state index in [0.717, 1.165) is 37.7 Å². The number of benzene rings is 1. The Morgan fingerprint density at radius 2 is 1.50 bits per heavy atom. The SMILES string of the molecule is CN(C1CCCCC1)S(=O)(=O)c1ccc(S(=O)(=O)NCc2ccncc2)cc1. The van der Waals surface area contributed by atoms with Gasteiger partial charge in [0.25, 0.3) is 0 Å². The molecule has 0 atom stereocenters. The van der Waals surface area contributed by atoms with Gasteiger partial charge in [0.15, 0.2) is 0 Å². The summed E-state index contributed by atoms with van der Waals surface area (Å²) in [5, 5.41) is 0. The molecule has 0 saturated heterocycles. The Balaban J connectivity index is 1.72. The predicted octanol–water partition coefficient (Wildman–Crippen LogP) is 2.51. The van der Waals surface area contributed by atoms with Gasteiger partial charge in [-0.3, -0.25) is 4.98 Å². The molecule has 0 amide bonds. The lowest BCUT2D eigenvalue weighted by Gasteiger charge is -2.30. The van der Waals surface area contributed by atoms with Crippen LogP contribution in [0.2, 0.25) is 0 Å². The minimum atomic E-state index is -3.74. The van der Waals surface area contributed by atoms with Gasteiger partial charge in [0.2, 0.25) is 20.0 Å². The minimum absolute atomic E-state index is 0.00388. The van der Waals surface area contributed by atoms with Crippen LogP contribution in [0, 0.1) is 0 Å². The first-order valence-corrected chi connectivity index (χ1v) is 12.2. The molecule has 2 aromatic rings. The van der Waals surface area contributed by atoms with Crippen molar-refractivity contribution >= 4 is 20.0 Å². The molecular weight excluding hydrogens is 398 g/mol. The monoisotopic (exact) mass is 423 g/mol. The molecule has 1 saturated carbocycles. The number of nitrogens with zero attached hydrogens (tertiary/aromatic N) is 2. The van der Waals surface area contributed by atoms with Gasteiger partial charge in [0.05, 0.1) is 9.79 Å². The first-order chi connectivity index (χ1) is 13.3. The van der Waals surface area contributed by atoms with E-state index in [-0.39, 0.29) is 22.4 Å². The maximum atomic E-state index is 12.9. The Morgan fingerprint density at radius 3 is 2.11 bits per heavy atom. The van der Waals surface area contributed by atoms with Gasteiger partial charge in [-0.1, -0.05) is 19.3 Å². The summed E-state index contributed by atoms with van der Waals surface area (Å²) in [5.74, 6) is 0. The van der Waals surface area contributed by atoms with Gasteiger partial charge in [-0.05, 0) is 54.8 Å². The van der Waals surface area contributed by atoms with E-state index in [1.807, 2.05) is 0 Å². The van der Waals surface area contributed by atoms with E-state index in [1.165, 1.54) is 28.6 Å². The molecule has 1 heterocycles. The average molecular weight is 424 g/mol. The highest BCUT2D eigenvalue weighted by Crippen LogP contribution is 2.27. The second-order valence-electron chi connectivity index (χ2n) is 6.96. The summed E-state index contributed by atoms with van der Waals surface area (Å²) in [7, 11) is -5.78. The maximum Gasteiger partial charge on any atom is 0.243 e. The summed E-state index contributed by atoms with van der Waals surface area (Å²) < 4.78 is 54.6. The molecule has 28 heavy (non-hydrogen) atoms. The molecule has 9 heteroatoms. The molecule has 1 aromatic carbocycles. The zero-order valence-corrected chi connectivity index (χ0v) is 17.4. The van der Waals surface area contributed by atoms with Crippen molar-refractivity contribution in [2.24, 2.45) is 0 Å². The number of sulfonamides is 2. The molecular formula is C19H25N3O4S2. The Bertz CT molecular complexity index is 985. The summed E-state index contributed by atoms with van der Waals surface area (Å²) in [5.41, 5.74) is 0.784. The van der Waals surface area contributed by atoms with Crippen molar-refractivity contribution in [1.82, 2.24) is 14.0 Å². The van der Waals surface area contributed by atoms with E-state index in [4.69, 9.17) is 0 Å². The fraction of sp³-hybridized carbons (Fsp3) is 0.421. The summed E-state index contributed by atoms with van der Waals surface area (Å²) >= 11 is 0. The third-order valence-electron chi connectivity index (χ3n) is 5.12. The Hall–Kier alpha value is -1.81. The Morgan fingerprint density at radius 1 is 0.929 bits per heavy atom. The van der Waals surface area contributed by atoms with Gasteiger partial charge in [-0.2, -0.15) is 4.31 Å². The zero-order valence-electron chi connectivity index (χ0n) is 15.8. The topological polar surface area (TPSA) is 96.4 Å². The van der Waals surface area contributed by atoms with Gasteiger partial charge in [0.1, 0.15) is 0 Å². The molecule has 1 aliphatic rings. The van der Waals surface area contributed by atoms with Gasteiger partial charge in [-0.15, -0.1) is 0 Å². The van der Waals surface area contributed by atoms with Crippen LogP contribution in [0.25, 0.3) is 0 Å². The first-order valence-electron chi connectivity index (χ1n) is 9.27. The summed E-state index contributed by atoms with van der Waals surface area (Å²) in [4.78, 5) is 4.02. The Kier molecular flexibility index (Phi) is 6.49. The normalized spacial score (nSPS) is 16.4. The van der Waals surface area contributed by atoms with Gasteiger partial charge < -0.3 is 0 Å². The second-order valence-corrected chi connectivity index (χ2v) is 10.7. The van der Waals surface area contributed by atoms with Gasteiger partial charge >= 0.3 is 0 Å². The highest BCUT2D eigenvalue weighted by Gasteiger charge is 2.29. The molecule has 0 aliphatic heterocycles. The number of pyridine rings is 1. The van der Waals surface area contributed by atoms with Crippen molar-refractivity contribution in [3.8, 4) is 0 Å². The van der Waals surface area contributed by atoms with E-state index in [9.17, 15) is 16.8 Å². The summed E-state index contributed by atoms with van der Waals surface area (Å²) in [6.07, 6.45) is 8.11. The van der Waals surface area contributed by atoms with E-state index < -0.39 is 20.0 Å². The van der Waals surface area contributed by atoms with Crippen LogP contribution in [-0.4, -0.2) is 39.2 Å². The smallest absolute Gasteiger partial charge is 0.243 e. The first kappa shape index (κ1) is 20.9. The van der Waals surface area contributed by atoms with E-state index >= 15 is 0 Å². The third-order valence-corrected chi connectivity index (χ3v) is 8.46. The van der Waals surface area contributed by atoms with Crippen molar-refractivity contribution < 1.29 is 16.8 Å². The van der Waals surface area contributed by atoms with Crippen molar-refractivity contribution in [1.29, 1.82) is 0 Å². The van der Waals surface area contributed by atoms with Crippen LogP contribution in [0.4, 0.5) is 0 Å². The molecule has 1 aliphatic carbocycles. The van der Waals surface area contributed by atoms with E-state index in [2.05, 4.69) is 9.71 Å². The highest BCUT2D eigenvalue weighted by atomic mass is 32.2. The molecule has 0 unspecified atom stereocenters. The fourth-order valence-electron chi connectivity index (χ4n) is 3.36. The lowest BCUT2D eigenvalue weighted by Crippen LogP contribution is -2.38. The van der Waals surface area contributed by atoms with Crippen LogP contribution < -0.4 is 4.72 Å². The van der Waals surface area contributed by atoms with Crippen molar-refractivity contribution in [2.75, 3.05) is 7.05 Å². The number of hydrogen-bond donors (Lipinski definition) is 1. The van der Waals surface area contributed by atoms with Crippen LogP contribution in [0.3, 0.4) is 0 Å². The van der Waals surface area contributed by atoms with Crippen LogP contribution in [0.15, 0.2) is 58.6 Å². The number of rotatable bonds is 7. The molecule has 1 N–H and O–H groups in total. The van der Waals surface area contributed by atoms with E-state index in [0.29, 0.717) is 0 Å². The largest absolute Gasteiger partial charge is 0.265 e. The average Bonchev–Trinajstić information content (AvgIpc) is 2.73. The summed E-state index contributed by atoms with van der Waals surface area (Å²) in [6.45, 7) is 0.134. The fourth-order valence-corrected chi connectivity index (χ4v) is 5.79. The van der Waals surface area contributed by atoms with Crippen LogP contribution in [-0.2, 0) is 26.6 Å². The summed E-state index contributed by atoms with van der Waals surface area (Å²) in [6, 6.07) is 8.82. The molecule has 7 nitrogen and oxygen atoms in total. The van der Waals surface area contributed by atoms with Crippen molar-refractivity contribution in [3.63, 3.8) is 0 Å². The predicted molar refractivity (Wildman–Crippen MR) is 107 cm³/mol. The zero-order chi connectivity index (χ0) is 20.2. The number of hydrogen-bond acceptors (Lipinski definition) is 5. The number of nitrogens with one attached hydrogen (secondary N) is 1. The Labute approximate surface area is 166 Å². The number of aromatic nitrogens is 1. The second kappa shape index (κ2) is 8.69. The van der Waals surface area contributed by atoms with Crippen molar-refractivity contribution in [2.45, 2.75) is 54.5 Å². The molecule has 0 bridgehead atoms. The standard InChI is InChI=1S/C19H25N3O4S2/c1-22(17-5-3-2-4-6-17)28(25,26)19-9-7-18(8-10-19)27(23,24)21-15-16-11-13-20-14-12-16/h7-14,17,21H,2-6,15H2,1H3.